The Balaban J connectivity index is 2.25. The van der Waals surface area contributed by atoms with Gasteiger partial charge in [-0.1, -0.05) is 12.1 Å². The molecule has 2 aliphatic rings. The van der Waals surface area contributed by atoms with Crippen molar-refractivity contribution in [1.82, 2.24) is 0 Å². The van der Waals surface area contributed by atoms with E-state index in [1.165, 1.54) is 40.4 Å². The van der Waals surface area contributed by atoms with Crippen molar-refractivity contribution in [1.29, 1.82) is 0 Å². The Kier molecular flexibility index (Phi) is 1.38. The normalized spacial score (nSPS) is 16.2. The van der Waals surface area contributed by atoms with E-state index in [0.717, 1.165) is 11.5 Å². The number of anilines is 1. The lowest BCUT2D eigenvalue weighted by Crippen LogP contribution is -2.10. The first-order chi connectivity index (χ1) is 7.83. The van der Waals surface area contributed by atoms with Crippen LogP contribution in [-0.2, 0) is 12.8 Å². The molecule has 0 saturated heterocycles. The van der Waals surface area contributed by atoms with Crippen LogP contribution in [0.1, 0.15) is 18.1 Å². The highest BCUT2D eigenvalue weighted by Crippen LogP contribution is 2.42. The van der Waals surface area contributed by atoms with Gasteiger partial charge in [-0.25, -0.2) is 4.99 Å². The molecular formula is C14H12N2. The average Bonchev–Trinajstić information content (AvgIpc) is 2.70. The predicted molar refractivity (Wildman–Crippen MR) is 67.7 cm³/mol. The first-order valence-corrected chi connectivity index (χ1v) is 5.73. The Hall–Kier alpha value is -1.83. The molecule has 2 aromatic carbocycles. The fourth-order valence-corrected chi connectivity index (χ4v) is 2.91. The third kappa shape index (κ3) is 0.896. The van der Waals surface area contributed by atoms with Crippen LogP contribution < -0.4 is 5.32 Å². The molecule has 2 aromatic rings. The van der Waals surface area contributed by atoms with Crippen LogP contribution in [-0.4, -0.2) is 5.84 Å². The molecule has 4 rings (SSSR count). The van der Waals surface area contributed by atoms with Crippen LogP contribution in [0.5, 0.6) is 0 Å². The average molecular weight is 208 g/mol. The minimum Gasteiger partial charge on any atom is -0.343 e. The molecule has 16 heavy (non-hydrogen) atoms. The number of hydrogen-bond acceptors (Lipinski definition) is 2. The summed E-state index contributed by atoms with van der Waals surface area (Å²) in [7, 11) is 0. The van der Waals surface area contributed by atoms with Gasteiger partial charge in [-0.3, -0.25) is 0 Å². The fourth-order valence-electron chi connectivity index (χ4n) is 2.91. The molecule has 0 bridgehead atoms. The number of nitrogens with one attached hydrogen (secondary N) is 1. The fraction of sp³-hybridized carbons (Fsp3) is 0.214. The summed E-state index contributed by atoms with van der Waals surface area (Å²) < 4.78 is 0. The third-order valence-electron chi connectivity index (χ3n) is 3.58. The van der Waals surface area contributed by atoms with Crippen molar-refractivity contribution in [3.63, 3.8) is 0 Å². The van der Waals surface area contributed by atoms with Gasteiger partial charge in [0.05, 0.1) is 5.69 Å². The zero-order chi connectivity index (χ0) is 10.7. The Morgan fingerprint density at radius 3 is 2.56 bits per heavy atom. The molecule has 0 radical (unpaired) electrons. The summed E-state index contributed by atoms with van der Waals surface area (Å²) in [6.07, 6.45) is 2.36. The second-order valence-corrected chi connectivity index (χ2v) is 4.59. The largest absolute Gasteiger partial charge is 0.343 e. The van der Waals surface area contributed by atoms with Crippen molar-refractivity contribution in [2.45, 2.75) is 19.8 Å². The van der Waals surface area contributed by atoms with Crippen LogP contribution in [0.4, 0.5) is 11.4 Å². The molecule has 1 N–H and O–H groups in total. The van der Waals surface area contributed by atoms with Gasteiger partial charge in [0.25, 0.3) is 0 Å². The molecule has 0 amide bonds. The maximum absolute atomic E-state index is 4.58. The Labute approximate surface area is 94.0 Å². The van der Waals surface area contributed by atoms with Gasteiger partial charge in [0.2, 0.25) is 0 Å². The first kappa shape index (κ1) is 8.34. The quantitative estimate of drug-likeness (QED) is 0.704. The van der Waals surface area contributed by atoms with Crippen LogP contribution in [0.2, 0.25) is 0 Å². The number of aliphatic imine (C=N–C) groups is 1. The minimum atomic E-state index is 0.980. The van der Waals surface area contributed by atoms with Crippen LogP contribution in [0.15, 0.2) is 29.3 Å². The summed E-state index contributed by atoms with van der Waals surface area (Å²) in [6, 6.07) is 8.83. The Morgan fingerprint density at radius 1 is 1.00 bits per heavy atom. The minimum absolute atomic E-state index is 0.980. The second-order valence-electron chi connectivity index (χ2n) is 4.59. The highest BCUT2D eigenvalue weighted by atomic mass is 15.0. The monoisotopic (exact) mass is 208 g/mol. The molecule has 0 atom stereocenters. The Morgan fingerprint density at radius 2 is 1.75 bits per heavy atom. The summed E-state index contributed by atoms with van der Waals surface area (Å²) in [6.45, 7) is 2.01. The standard InChI is InChI=1S/C14H12N2/c1-8-15-11-6-4-9-2-3-10-5-7-12(16-8)14(11)13(9)10/h4-7H,2-3H2,1H3,(H,15,16). The molecule has 1 heterocycles. The van der Waals surface area contributed by atoms with Gasteiger partial charge < -0.3 is 5.32 Å². The zero-order valence-corrected chi connectivity index (χ0v) is 9.17. The van der Waals surface area contributed by atoms with E-state index in [1.807, 2.05) is 6.92 Å². The van der Waals surface area contributed by atoms with E-state index in [9.17, 15) is 0 Å². The molecule has 0 fully saturated rings. The summed E-state index contributed by atoms with van der Waals surface area (Å²) in [5, 5.41) is 6.12. The molecule has 0 unspecified atom stereocenters. The maximum atomic E-state index is 4.58. The predicted octanol–water partition coefficient (Wildman–Crippen LogP) is 3.41. The molecule has 2 heteroatoms. The van der Waals surface area contributed by atoms with Gasteiger partial charge in [-0.2, -0.15) is 0 Å². The van der Waals surface area contributed by atoms with E-state index in [-0.39, 0.29) is 0 Å². The molecule has 2 nitrogen and oxygen atoms in total. The third-order valence-corrected chi connectivity index (χ3v) is 3.58. The van der Waals surface area contributed by atoms with Crippen molar-refractivity contribution >= 4 is 28.0 Å². The number of nitrogens with zero attached hydrogens (tertiary/aromatic N) is 1. The number of hydrogen-bond donors (Lipinski definition) is 1. The van der Waals surface area contributed by atoms with Crippen molar-refractivity contribution in [2.24, 2.45) is 4.99 Å². The number of rotatable bonds is 0. The Bertz CT molecular complexity index is 643. The molecule has 0 spiro atoms. The lowest BCUT2D eigenvalue weighted by Gasteiger charge is -2.17. The lowest BCUT2D eigenvalue weighted by atomic mass is 10.0. The summed E-state index contributed by atoms with van der Waals surface area (Å²) in [5.74, 6) is 0.980. The van der Waals surface area contributed by atoms with Crippen molar-refractivity contribution in [2.75, 3.05) is 5.32 Å². The summed E-state index contributed by atoms with van der Waals surface area (Å²) >= 11 is 0. The van der Waals surface area contributed by atoms with E-state index >= 15 is 0 Å². The van der Waals surface area contributed by atoms with E-state index in [0.29, 0.717) is 0 Å². The molecular weight excluding hydrogens is 196 g/mol. The van der Waals surface area contributed by atoms with Crippen molar-refractivity contribution in [3.8, 4) is 0 Å². The first-order valence-electron chi connectivity index (χ1n) is 5.73. The summed E-state index contributed by atoms with van der Waals surface area (Å²) in [4.78, 5) is 4.58. The molecule has 78 valence electrons. The van der Waals surface area contributed by atoms with Gasteiger partial charge in [-0.05, 0) is 48.4 Å². The van der Waals surface area contributed by atoms with Crippen LogP contribution in [0.25, 0.3) is 10.8 Å². The molecule has 0 saturated carbocycles. The van der Waals surface area contributed by atoms with Crippen molar-refractivity contribution in [3.05, 3.63) is 35.4 Å². The van der Waals surface area contributed by atoms with Gasteiger partial charge in [0, 0.05) is 11.1 Å². The highest BCUT2D eigenvalue weighted by molar-refractivity contribution is 6.15. The van der Waals surface area contributed by atoms with Crippen molar-refractivity contribution < 1.29 is 0 Å². The number of aryl methyl sites for hydroxylation is 2. The van der Waals surface area contributed by atoms with Crippen LogP contribution in [0, 0.1) is 0 Å². The van der Waals surface area contributed by atoms with Crippen LogP contribution >= 0.6 is 0 Å². The van der Waals surface area contributed by atoms with E-state index in [4.69, 9.17) is 0 Å². The zero-order valence-electron chi connectivity index (χ0n) is 9.17. The topological polar surface area (TPSA) is 24.4 Å². The van der Waals surface area contributed by atoms with Gasteiger partial charge >= 0.3 is 0 Å². The lowest BCUT2D eigenvalue weighted by molar-refractivity contribution is 1.02. The van der Waals surface area contributed by atoms with Gasteiger partial charge in [0.15, 0.2) is 0 Å². The maximum Gasteiger partial charge on any atom is 0.103 e. The van der Waals surface area contributed by atoms with Crippen LogP contribution in [0.3, 0.4) is 0 Å². The van der Waals surface area contributed by atoms with E-state index in [1.54, 1.807) is 0 Å². The van der Waals surface area contributed by atoms with Gasteiger partial charge in [-0.15, -0.1) is 0 Å². The summed E-state index contributed by atoms with van der Waals surface area (Å²) in [5.41, 5.74) is 5.29. The second kappa shape index (κ2) is 2.64. The number of benzene rings is 2. The van der Waals surface area contributed by atoms with E-state index in [2.05, 4.69) is 34.6 Å². The molecule has 1 aliphatic heterocycles. The van der Waals surface area contributed by atoms with Gasteiger partial charge in [0.1, 0.15) is 5.84 Å². The van der Waals surface area contributed by atoms with E-state index < -0.39 is 0 Å². The molecule has 1 aliphatic carbocycles. The number of amidine groups is 1. The smallest absolute Gasteiger partial charge is 0.103 e. The highest BCUT2D eigenvalue weighted by Gasteiger charge is 2.20. The SMILES string of the molecule is CC1=Nc2ccc3c4c(ccc(c24)N1)CC3. The molecule has 0 aromatic heterocycles.